The number of hydrogen-bond acceptors (Lipinski definition) is 6. The highest BCUT2D eigenvalue weighted by atomic mass is 79.9. The van der Waals surface area contributed by atoms with Crippen LogP contribution in [0.4, 0.5) is 5.13 Å². The number of nitrogens with one attached hydrogen (secondary N) is 1. The molecule has 0 aliphatic rings. The summed E-state index contributed by atoms with van der Waals surface area (Å²) in [5.74, 6) is -0.213. The molecule has 8 nitrogen and oxygen atoms in total. The summed E-state index contributed by atoms with van der Waals surface area (Å²) in [4.78, 5) is 33.3. The number of halogens is 1. The van der Waals surface area contributed by atoms with Crippen molar-refractivity contribution in [3.8, 4) is 11.3 Å². The van der Waals surface area contributed by atoms with E-state index in [1.54, 1.807) is 11.7 Å². The molecule has 142 valence electrons. The van der Waals surface area contributed by atoms with Gasteiger partial charge in [0.2, 0.25) is 5.91 Å². The van der Waals surface area contributed by atoms with Gasteiger partial charge >= 0.3 is 0 Å². The fourth-order valence-corrected chi connectivity index (χ4v) is 3.71. The quantitative estimate of drug-likeness (QED) is 0.495. The molecule has 10 heteroatoms. The van der Waals surface area contributed by atoms with E-state index in [1.807, 2.05) is 29.6 Å². The van der Waals surface area contributed by atoms with Crippen molar-refractivity contribution in [1.82, 2.24) is 24.3 Å². The maximum atomic E-state index is 12.4. The van der Waals surface area contributed by atoms with Crippen molar-refractivity contribution in [2.45, 2.75) is 13.0 Å². The van der Waals surface area contributed by atoms with E-state index in [9.17, 15) is 9.59 Å². The zero-order chi connectivity index (χ0) is 19.7. The Hall–Kier alpha value is -2.85. The van der Waals surface area contributed by atoms with Gasteiger partial charge < -0.3 is 5.32 Å². The number of fused-ring (bicyclic) bond motifs is 1. The Morgan fingerprint density at radius 1 is 1.29 bits per heavy atom. The van der Waals surface area contributed by atoms with Gasteiger partial charge in [-0.1, -0.05) is 28.1 Å². The Balaban J connectivity index is 1.41. The van der Waals surface area contributed by atoms with E-state index in [4.69, 9.17) is 0 Å². The van der Waals surface area contributed by atoms with Crippen LogP contribution in [0.1, 0.15) is 6.42 Å². The molecule has 0 unspecified atom stereocenters. The first-order valence-corrected chi connectivity index (χ1v) is 10.1. The molecular formula is C18H15BrN6O2S. The number of thiazole rings is 1. The molecule has 3 heterocycles. The third-order valence-corrected chi connectivity index (χ3v) is 5.47. The predicted molar refractivity (Wildman–Crippen MR) is 111 cm³/mol. The first-order valence-electron chi connectivity index (χ1n) is 8.40. The average Bonchev–Trinajstić information content (AvgIpc) is 3.29. The molecule has 0 fully saturated rings. The normalized spacial score (nSPS) is 11.1. The summed E-state index contributed by atoms with van der Waals surface area (Å²) in [5, 5.41) is 9.67. The second-order valence-electron chi connectivity index (χ2n) is 6.09. The number of aromatic nitrogens is 5. The maximum Gasteiger partial charge on any atom is 0.264 e. The third-order valence-electron chi connectivity index (χ3n) is 4.19. The molecule has 3 aromatic heterocycles. The van der Waals surface area contributed by atoms with E-state index in [2.05, 4.69) is 36.3 Å². The minimum Gasteiger partial charge on any atom is -0.302 e. The average molecular weight is 459 g/mol. The number of amides is 1. The summed E-state index contributed by atoms with van der Waals surface area (Å²) < 4.78 is 3.95. The van der Waals surface area contributed by atoms with Crippen molar-refractivity contribution in [2.75, 3.05) is 5.32 Å². The lowest BCUT2D eigenvalue weighted by atomic mass is 10.2. The van der Waals surface area contributed by atoms with Crippen LogP contribution in [0.5, 0.6) is 0 Å². The van der Waals surface area contributed by atoms with Crippen LogP contribution < -0.4 is 10.9 Å². The van der Waals surface area contributed by atoms with E-state index in [0.29, 0.717) is 16.2 Å². The van der Waals surface area contributed by atoms with Crippen LogP contribution in [0.15, 0.2) is 51.4 Å². The van der Waals surface area contributed by atoms with Crippen LogP contribution >= 0.6 is 27.3 Å². The molecule has 1 amide bonds. The summed E-state index contributed by atoms with van der Waals surface area (Å²) >= 11 is 4.76. The lowest BCUT2D eigenvalue weighted by Gasteiger charge is -2.05. The van der Waals surface area contributed by atoms with Crippen molar-refractivity contribution in [1.29, 1.82) is 0 Å². The van der Waals surface area contributed by atoms with Crippen LogP contribution in [-0.2, 0) is 18.4 Å². The highest BCUT2D eigenvalue weighted by molar-refractivity contribution is 9.10. The summed E-state index contributed by atoms with van der Waals surface area (Å²) in [6.45, 7) is 0.230. The second-order valence-corrected chi connectivity index (χ2v) is 7.87. The standard InChI is InChI=1S/C18H15BrN6O2S/c1-24-16-13(8-21-24)17(27)25(10-20-16)7-6-15(26)23-18-22-14(9-28-18)11-2-4-12(19)5-3-11/h2-5,8-10H,6-7H2,1H3,(H,22,23,26). The molecule has 0 radical (unpaired) electrons. The Bertz CT molecular complexity index is 1210. The minimum atomic E-state index is -0.213. The Kier molecular flexibility index (Phi) is 5.05. The van der Waals surface area contributed by atoms with Gasteiger partial charge in [0.25, 0.3) is 5.56 Å². The first-order chi connectivity index (χ1) is 13.5. The van der Waals surface area contributed by atoms with Crippen LogP contribution in [0, 0.1) is 0 Å². The highest BCUT2D eigenvalue weighted by Crippen LogP contribution is 2.26. The number of hydrogen-bond donors (Lipinski definition) is 1. The monoisotopic (exact) mass is 458 g/mol. The Morgan fingerprint density at radius 3 is 2.86 bits per heavy atom. The summed E-state index contributed by atoms with van der Waals surface area (Å²) in [6.07, 6.45) is 3.07. The number of nitrogens with zero attached hydrogens (tertiary/aromatic N) is 5. The van der Waals surface area contributed by atoms with E-state index < -0.39 is 0 Å². The van der Waals surface area contributed by atoms with Gasteiger partial charge in [0, 0.05) is 35.4 Å². The lowest BCUT2D eigenvalue weighted by Crippen LogP contribution is -2.23. The van der Waals surface area contributed by atoms with E-state index in [-0.39, 0.29) is 24.4 Å². The number of benzene rings is 1. The molecule has 1 N–H and O–H groups in total. The van der Waals surface area contributed by atoms with Gasteiger partial charge in [-0.2, -0.15) is 5.10 Å². The zero-order valence-electron chi connectivity index (χ0n) is 14.8. The molecule has 1 aromatic carbocycles. The number of rotatable bonds is 5. The third kappa shape index (κ3) is 3.73. The molecule has 4 rings (SSSR count). The molecule has 0 atom stereocenters. The van der Waals surface area contributed by atoms with Gasteiger partial charge in [-0.25, -0.2) is 9.97 Å². The van der Waals surface area contributed by atoms with E-state index in [1.165, 1.54) is 28.4 Å². The Labute approximate surface area is 172 Å². The number of carbonyl (C=O) groups excluding carboxylic acids is 1. The van der Waals surface area contributed by atoms with Crippen molar-refractivity contribution in [3.05, 3.63) is 57.0 Å². The van der Waals surface area contributed by atoms with Crippen molar-refractivity contribution >= 4 is 49.3 Å². The molecular weight excluding hydrogens is 444 g/mol. The Morgan fingerprint density at radius 2 is 2.07 bits per heavy atom. The molecule has 0 spiro atoms. The topological polar surface area (TPSA) is 94.7 Å². The van der Waals surface area contributed by atoms with Gasteiger partial charge in [0.1, 0.15) is 5.39 Å². The lowest BCUT2D eigenvalue weighted by molar-refractivity contribution is -0.116. The predicted octanol–water partition coefficient (Wildman–Crippen LogP) is 3.04. The van der Waals surface area contributed by atoms with Gasteiger partial charge in [-0.15, -0.1) is 11.3 Å². The molecule has 4 aromatic rings. The number of aryl methyl sites for hydroxylation is 2. The molecule has 0 aliphatic heterocycles. The van der Waals surface area contributed by atoms with Crippen LogP contribution in [0.2, 0.25) is 0 Å². The summed E-state index contributed by atoms with van der Waals surface area (Å²) in [6, 6.07) is 7.80. The molecule has 0 bridgehead atoms. The summed E-state index contributed by atoms with van der Waals surface area (Å²) in [7, 11) is 1.73. The summed E-state index contributed by atoms with van der Waals surface area (Å²) in [5.41, 5.74) is 2.09. The van der Waals surface area contributed by atoms with E-state index in [0.717, 1.165) is 15.7 Å². The van der Waals surface area contributed by atoms with Crippen LogP contribution in [-0.4, -0.2) is 30.2 Å². The second kappa shape index (κ2) is 7.64. The van der Waals surface area contributed by atoms with Gasteiger partial charge in [-0.3, -0.25) is 18.8 Å². The fourth-order valence-electron chi connectivity index (χ4n) is 2.71. The SMILES string of the molecule is Cn1ncc2c(=O)n(CCC(=O)Nc3nc(-c4ccc(Br)cc4)cs3)cnc21. The minimum absolute atomic E-state index is 0.139. The fraction of sp³-hybridized carbons (Fsp3) is 0.167. The molecule has 0 saturated heterocycles. The van der Waals surface area contributed by atoms with Crippen LogP contribution in [0.25, 0.3) is 22.3 Å². The molecule has 28 heavy (non-hydrogen) atoms. The van der Waals surface area contributed by atoms with E-state index >= 15 is 0 Å². The van der Waals surface area contributed by atoms with Crippen molar-refractivity contribution in [3.63, 3.8) is 0 Å². The van der Waals surface area contributed by atoms with Crippen LogP contribution in [0.3, 0.4) is 0 Å². The molecule has 0 aliphatic carbocycles. The smallest absolute Gasteiger partial charge is 0.264 e. The van der Waals surface area contributed by atoms with Crippen molar-refractivity contribution < 1.29 is 4.79 Å². The first kappa shape index (κ1) is 18.5. The van der Waals surface area contributed by atoms with Gasteiger partial charge in [0.05, 0.1) is 18.2 Å². The zero-order valence-corrected chi connectivity index (χ0v) is 17.2. The van der Waals surface area contributed by atoms with Gasteiger partial charge in [0.15, 0.2) is 10.8 Å². The number of carbonyl (C=O) groups is 1. The van der Waals surface area contributed by atoms with Gasteiger partial charge in [-0.05, 0) is 12.1 Å². The largest absolute Gasteiger partial charge is 0.302 e. The highest BCUT2D eigenvalue weighted by Gasteiger charge is 2.11. The van der Waals surface area contributed by atoms with Crippen molar-refractivity contribution in [2.24, 2.45) is 7.05 Å². The molecule has 0 saturated carbocycles. The number of anilines is 1. The maximum absolute atomic E-state index is 12.4.